The van der Waals surface area contributed by atoms with Crippen LogP contribution in [0.1, 0.15) is 24.2 Å². The summed E-state index contributed by atoms with van der Waals surface area (Å²) in [6.45, 7) is 4.88. The fourth-order valence-corrected chi connectivity index (χ4v) is 1.89. The zero-order chi connectivity index (χ0) is 12.4. The summed E-state index contributed by atoms with van der Waals surface area (Å²) >= 11 is 0. The summed E-state index contributed by atoms with van der Waals surface area (Å²) in [5.74, 6) is -0.807. The molecule has 1 saturated heterocycles. The fraction of sp³-hybridized carbons (Fsp3) is 0.500. The van der Waals surface area contributed by atoms with Gasteiger partial charge in [-0.3, -0.25) is 4.79 Å². The largest absolute Gasteiger partial charge is 0.375 e. The van der Waals surface area contributed by atoms with Gasteiger partial charge in [0.05, 0.1) is 18.8 Å². The third-order valence-corrected chi connectivity index (χ3v) is 2.84. The number of nitrogens with zero attached hydrogens (tertiary/aromatic N) is 2. The van der Waals surface area contributed by atoms with Crippen molar-refractivity contribution >= 4 is 5.91 Å². The van der Waals surface area contributed by atoms with Crippen LogP contribution in [0.15, 0.2) is 18.3 Å². The highest BCUT2D eigenvalue weighted by atomic mass is 19.1. The first kappa shape index (κ1) is 12.0. The van der Waals surface area contributed by atoms with Gasteiger partial charge in [-0.1, -0.05) is 0 Å². The first-order chi connectivity index (χ1) is 8.08. The lowest BCUT2D eigenvalue weighted by atomic mass is 10.1. The lowest BCUT2D eigenvalue weighted by Crippen LogP contribution is -2.50. The molecule has 1 amide bonds. The van der Waals surface area contributed by atoms with Crippen LogP contribution in [0.3, 0.4) is 0 Å². The first-order valence-corrected chi connectivity index (χ1v) is 5.62. The smallest absolute Gasteiger partial charge is 0.254 e. The maximum atomic E-state index is 13.0. The third kappa shape index (κ3) is 2.61. The fourth-order valence-electron chi connectivity index (χ4n) is 1.89. The predicted molar refractivity (Wildman–Crippen MR) is 60.1 cm³/mol. The second-order valence-corrected chi connectivity index (χ2v) is 4.32. The number of halogens is 1. The molecule has 1 aromatic rings. The normalized spacial score (nSPS) is 24.8. The summed E-state index contributed by atoms with van der Waals surface area (Å²) in [5.41, 5.74) is 0.332. The van der Waals surface area contributed by atoms with Gasteiger partial charge in [-0.15, -0.1) is 0 Å². The number of hydrogen-bond acceptors (Lipinski definition) is 3. The Kier molecular flexibility index (Phi) is 3.38. The van der Waals surface area contributed by atoms with Gasteiger partial charge in [0.25, 0.3) is 5.91 Å². The van der Waals surface area contributed by atoms with Crippen LogP contribution in [0.5, 0.6) is 0 Å². The van der Waals surface area contributed by atoms with Crippen LogP contribution in [-0.4, -0.2) is 41.1 Å². The van der Waals surface area contributed by atoms with Crippen molar-refractivity contribution in [3.05, 3.63) is 29.8 Å². The highest BCUT2D eigenvalue weighted by Crippen LogP contribution is 2.15. The summed E-state index contributed by atoms with van der Waals surface area (Å²) in [6, 6.07) is 2.70. The van der Waals surface area contributed by atoms with Crippen LogP contribution in [-0.2, 0) is 4.74 Å². The topological polar surface area (TPSA) is 42.4 Å². The minimum atomic E-state index is -0.634. The zero-order valence-corrected chi connectivity index (χ0v) is 9.89. The minimum Gasteiger partial charge on any atom is -0.375 e. The summed E-state index contributed by atoms with van der Waals surface area (Å²) < 4.78 is 18.4. The Morgan fingerprint density at radius 3 is 3.06 bits per heavy atom. The third-order valence-electron chi connectivity index (χ3n) is 2.84. The molecule has 2 rings (SSSR count). The number of ether oxygens (including phenoxy) is 1. The quantitative estimate of drug-likeness (QED) is 0.696. The highest BCUT2D eigenvalue weighted by molar-refractivity contribution is 5.94. The van der Waals surface area contributed by atoms with Crippen molar-refractivity contribution in [1.29, 1.82) is 0 Å². The van der Waals surface area contributed by atoms with E-state index in [1.54, 1.807) is 4.90 Å². The molecule has 2 heterocycles. The van der Waals surface area contributed by atoms with Crippen LogP contribution in [0.4, 0.5) is 4.39 Å². The highest BCUT2D eigenvalue weighted by Gasteiger charge is 2.28. The van der Waals surface area contributed by atoms with Gasteiger partial charge in [-0.05, 0) is 19.9 Å². The molecule has 5 heteroatoms. The monoisotopic (exact) mass is 238 g/mol. The van der Waals surface area contributed by atoms with Gasteiger partial charge in [0.2, 0.25) is 5.95 Å². The van der Waals surface area contributed by atoms with Gasteiger partial charge >= 0.3 is 0 Å². The molecule has 1 aliphatic rings. The number of pyridine rings is 1. The van der Waals surface area contributed by atoms with Gasteiger partial charge in [0.1, 0.15) is 0 Å². The van der Waals surface area contributed by atoms with Gasteiger partial charge in [0.15, 0.2) is 0 Å². The van der Waals surface area contributed by atoms with E-state index in [-0.39, 0.29) is 18.1 Å². The van der Waals surface area contributed by atoms with Crippen molar-refractivity contribution in [2.45, 2.75) is 26.0 Å². The molecule has 0 aromatic carbocycles. The lowest BCUT2D eigenvalue weighted by molar-refractivity contribution is -0.0387. The average molecular weight is 238 g/mol. The summed E-state index contributed by atoms with van der Waals surface area (Å²) in [6.07, 6.45) is 1.32. The molecule has 4 nitrogen and oxygen atoms in total. The molecular formula is C12H15FN2O2. The van der Waals surface area contributed by atoms with E-state index >= 15 is 0 Å². The van der Waals surface area contributed by atoms with Gasteiger partial charge < -0.3 is 9.64 Å². The molecular weight excluding hydrogens is 223 g/mol. The lowest BCUT2D eigenvalue weighted by Gasteiger charge is -2.36. The second-order valence-electron chi connectivity index (χ2n) is 4.32. The molecule has 2 unspecified atom stereocenters. The van der Waals surface area contributed by atoms with Crippen LogP contribution < -0.4 is 0 Å². The van der Waals surface area contributed by atoms with E-state index < -0.39 is 5.95 Å². The van der Waals surface area contributed by atoms with E-state index in [4.69, 9.17) is 4.74 Å². The van der Waals surface area contributed by atoms with Crippen molar-refractivity contribution in [1.82, 2.24) is 9.88 Å². The Labute approximate surface area is 99.4 Å². The number of hydrogen-bond donors (Lipinski definition) is 0. The molecule has 0 spiro atoms. The Morgan fingerprint density at radius 2 is 2.35 bits per heavy atom. The maximum absolute atomic E-state index is 13.0. The number of carbonyl (C=O) groups excluding carboxylic acids is 1. The van der Waals surface area contributed by atoms with Crippen molar-refractivity contribution in [3.63, 3.8) is 0 Å². The molecule has 2 atom stereocenters. The molecule has 1 aliphatic heterocycles. The summed E-state index contributed by atoms with van der Waals surface area (Å²) in [7, 11) is 0. The number of morpholine rings is 1. The van der Waals surface area contributed by atoms with Crippen LogP contribution >= 0.6 is 0 Å². The number of aromatic nitrogens is 1. The number of amides is 1. The summed E-state index contributed by atoms with van der Waals surface area (Å²) in [4.78, 5) is 17.3. The second kappa shape index (κ2) is 4.79. The van der Waals surface area contributed by atoms with Gasteiger partial charge in [-0.2, -0.15) is 4.39 Å². The van der Waals surface area contributed by atoms with Crippen molar-refractivity contribution in [3.8, 4) is 0 Å². The number of carbonyl (C=O) groups is 1. The standard InChI is InChI=1S/C12H15FN2O2/c1-8-7-17-9(2)6-15(8)12(16)10-3-4-14-11(13)5-10/h3-5,8-9H,6-7H2,1-2H3. The van der Waals surface area contributed by atoms with E-state index in [1.807, 2.05) is 13.8 Å². The van der Waals surface area contributed by atoms with E-state index in [0.29, 0.717) is 18.7 Å². The van der Waals surface area contributed by atoms with Crippen molar-refractivity contribution in [2.24, 2.45) is 0 Å². The zero-order valence-electron chi connectivity index (χ0n) is 9.89. The van der Waals surface area contributed by atoms with Gasteiger partial charge in [-0.25, -0.2) is 4.98 Å². The van der Waals surface area contributed by atoms with Gasteiger partial charge in [0, 0.05) is 24.4 Å². The van der Waals surface area contributed by atoms with E-state index in [1.165, 1.54) is 12.3 Å². The Bertz CT molecular complexity index is 425. The maximum Gasteiger partial charge on any atom is 0.254 e. The number of rotatable bonds is 1. The van der Waals surface area contributed by atoms with Crippen LogP contribution in [0.2, 0.25) is 0 Å². The molecule has 1 fully saturated rings. The molecule has 92 valence electrons. The SMILES string of the molecule is CC1CN(C(=O)c2ccnc(F)c2)C(C)CO1. The van der Waals surface area contributed by atoms with E-state index in [0.717, 1.165) is 6.07 Å². The van der Waals surface area contributed by atoms with E-state index in [2.05, 4.69) is 4.98 Å². The molecule has 0 bridgehead atoms. The Balaban J connectivity index is 2.18. The summed E-state index contributed by atoms with van der Waals surface area (Å²) in [5, 5.41) is 0. The molecule has 1 aromatic heterocycles. The molecule has 0 aliphatic carbocycles. The predicted octanol–water partition coefficient (Wildman–Crippen LogP) is 1.47. The first-order valence-electron chi connectivity index (χ1n) is 5.62. The van der Waals surface area contributed by atoms with Crippen LogP contribution in [0.25, 0.3) is 0 Å². The van der Waals surface area contributed by atoms with E-state index in [9.17, 15) is 9.18 Å². The molecule has 0 saturated carbocycles. The minimum absolute atomic E-state index is 0.00919. The van der Waals surface area contributed by atoms with Crippen molar-refractivity contribution < 1.29 is 13.9 Å². The molecule has 0 radical (unpaired) electrons. The van der Waals surface area contributed by atoms with Crippen LogP contribution in [0, 0.1) is 5.95 Å². The Hall–Kier alpha value is -1.49. The average Bonchev–Trinajstić information content (AvgIpc) is 2.31. The molecule has 0 N–H and O–H groups in total. The van der Waals surface area contributed by atoms with Crippen molar-refractivity contribution in [2.75, 3.05) is 13.2 Å². The molecule has 17 heavy (non-hydrogen) atoms. The Morgan fingerprint density at radius 1 is 1.59 bits per heavy atom.